The molecule has 192 valence electrons. The van der Waals surface area contributed by atoms with Gasteiger partial charge in [-0.3, -0.25) is 19.7 Å². The number of methoxy groups -OCH3 is 1. The van der Waals surface area contributed by atoms with Gasteiger partial charge in [-0.05, 0) is 42.5 Å². The summed E-state index contributed by atoms with van der Waals surface area (Å²) in [6, 6.07) is 8.40. The van der Waals surface area contributed by atoms with Crippen molar-refractivity contribution >= 4 is 52.5 Å². The van der Waals surface area contributed by atoms with Gasteiger partial charge in [0.1, 0.15) is 11.9 Å². The van der Waals surface area contributed by atoms with Gasteiger partial charge in [-0.2, -0.15) is 0 Å². The van der Waals surface area contributed by atoms with Crippen molar-refractivity contribution in [3.8, 4) is 0 Å². The molecule has 1 aromatic heterocycles. The van der Waals surface area contributed by atoms with Crippen molar-refractivity contribution < 1.29 is 23.5 Å². The van der Waals surface area contributed by atoms with Crippen molar-refractivity contribution in [2.45, 2.75) is 11.0 Å². The smallest absolute Gasteiger partial charge is 0.414 e. The molecule has 2 fully saturated rings. The SMILES string of the molecule is COC(=S)NCC1CN(c2ccc(N3CCNN(C(=O)CSc4ccncc4)CC3)c(F)c2)C(=O)O1. The van der Waals surface area contributed by atoms with Crippen molar-refractivity contribution in [2.24, 2.45) is 0 Å². The lowest BCUT2D eigenvalue weighted by molar-refractivity contribution is -0.131. The van der Waals surface area contributed by atoms with Crippen LogP contribution >= 0.6 is 24.0 Å². The molecular formula is C23H27FN6O4S2. The number of cyclic esters (lactones) is 1. The van der Waals surface area contributed by atoms with Gasteiger partial charge < -0.3 is 19.7 Å². The Hall–Kier alpha value is -3.16. The van der Waals surface area contributed by atoms with Crippen LogP contribution in [0.4, 0.5) is 20.6 Å². The predicted molar refractivity (Wildman–Crippen MR) is 139 cm³/mol. The Morgan fingerprint density at radius 2 is 2.11 bits per heavy atom. The molecule has 13 heteroatoms. The molecule has 2 N–H and O–H groups in total. The molecule has 0 aliphatic carbocycles. The second kappa shape index (κ2) is 12.2. The highest BCUT2D eigenvalue weighted by atomic mass is 32.2. The summed E-state index contributed by atoms with van der Waals surface area (Å²) >= 11 is 6.37. The van der Waals surface area contributed by atoms with Crippen LogP contribution in [0, 0.1) is 5.82 Å². The van der Waals surface area contributed by atoms with Gasteiger partial charge in [0.15, 0.2) is 0 Å². The van der Waals surface area contributed by atoms with Gasteiger partial charge in [0.25, 0.3) is 5.17 Å². The Balaban J connectivity index is 1.32. The fraction of sp³-hybridized carbons (Fsp3) is 0.391. The van der Waals surface area contributed by atoms with Gasteiger partial charge in [-0.15, -0.1) is 11.8 Å². The molecular weight excluding hydrogens is 507 g/mol. The van der Waals surface area contributed by atoms with Gasteiger partial charge in [0.2, 0.25) is 5.91 Å². The van der Waals surface area contributed by atoms with E-state index in [0.29, 0.717) is 49.9 Å². The zero-order valence-electron chi connectivity index (χ0n) is 19.7. The highest BCUT2D eigenvalue weighted by Gasteiger charge is 2.33. The highest BCUT2D eigenvalue weighted by molar-refractivity contribution is 8.00. The number of carbonyl (C=O) groups excluding carboxylic acids is 2. The molecule has 0 saturated carbocycles. The summed E-state index contributed by atoms with van der Waals surface area (Å²) in [6.45, 7) is 2.45. The average Bonchev–Trinajstić information content (AvgIpc) is 3.09. The second-order valence-corrected chi connectivity index (χ2v) is 9.46. The van der Waals surface area contributed by atoms with Crippen molar-refractivity contribution in [1.29, 1.82) is 0 Å². The summed E-state index contributed by atoms with van der Waals surface area (Å²) in [4.78, 5) is 33.2. The summed E-state index contributed by atoms with van der Waals surface area (Å²) in [5, 5.41) is 4.65. The number of amides is 2. The van der Waals surface area contributed by atoms with Crippen LogP contribution in [0.2, 0.25) is 0 Å². The number of thiocarbonyl (C=S) groups is 1. The van der Waals surface area contributed by atoms with Crippen molar-refractivity contribution in [3.05, 3.63) is 48.5 Å². The lowest BCUT2D eigenvalue weighted by atomic mass is 10.2. The summed E-state index contributed by atoms with van der Waals surface area (Å²) in [5.41, 5.74) is 3.96. The molecule has 4 rings (SSSR count). The van der Waals surface area contributed by atoms with E-state index >= 15 is 4.39 Å². The zero-order valence-corrected chi connectivity index (χ0v) is 21.3. The van der Waals surface area contributed by atoms with Gasteiger partial charge in [-0.25, -0.2) is 14.6 Å². The molecule has 0 radical (unpaired) electrons. The van der Waals surface area contributed by atoms with E-state index in [1.54, 1.807) is 29.5 Å². The summed E-state index contributed by atoms with van der Waals surface area (Å²) in [5.74, 6) is -0.201. The van der Waals surface area contributed by atoms with Crippen molar-refractivity contribution in [1.82, 2.24) is 20.7 Å². The van der Waals surface area contributed by atoms with Crippen molar-refractivity contribution in [3.63, 3.8) is 0 Å². The lowest BCUT2D eigenvalue weighted by Gasteiger charge is -2.24. The maximum absolute atomic E-state index is 15.1. The lowest BCUT2D eigenvalue weighted by Crippen LogP contribution is -2.44. The maximum atomic E-state index is 15.1. The van der Waals surface area contributed by atoms with Crippen LogP contribution in [0.25, 0.3) is 0 Å². The first kappa shape index (κ1) is 25.9. The number of anilines is 2. The topological polar surface area (TPSA) is 99.3 Å². The quantitative estimate of drug-likeness (QED) is 0.405. The third-order valence-corrected chi connectivity index (χ3v) is 7.02. The van der Waals surface area contributed by atoms with Crippen LogP contribution in [0.3, 0.4) is 0 Å². The van der Waals surface area contributed by atoms with Gasteiger partial charge in [-0.1, -0.05) is 0 Å². The Labute approximate surface area is 218 Å². The highest BCUT2D eigenvalue weighted by Crippen LogP contribution is 2.28. The van der Waals surface area contributed by atoms with E-state index in [0.717, 1.165) is 4.90 Å². The number of thioether (sulfide) groups is 1. The fourth-order valence-electron chi connectivity index (χ4n) is 3.87. The van der Waals surface area contributed by atoms with E-state index in [4.69, 9.17) is 21.7 Å². The van der Waals surface area contributed by atoms with E-state index in [1.165, 1.54) is 29.8 Å². The molecule has 1 unspecified atom stereocenters. The van der Waals surface area contributed by atoms with Gasteiger partial charge >= 0.3 is 6.09 Å². The molecule has 2 amide bonds. The van der Waals surface area contributed by atoms with Crippen molar-refractivity contribution in [2.75, 3.05) is 61.9 Å². The van der Waals surface area contributed by atoms with Crippen LogP contribution < -0.4 is 20.5 Å². The average molecular weight is 535 g/mol. The van der Waals surface area contributed by atoms with Crippen LogP contribution in [-0.4, -0.2) is 85.4 Å². The molecule has 1 atom stereocenters. The zero-order chi connectivity index (χ0) is 25.5. The minimum atomic E-state index is -0.546. The van der Waals surface area contributed by atoms with Crippen LogP contribution in [0.5, 0.6) is 0 Å². The molecule has 2 aromatic rings. The number of hydrazine groups is 1. The third-order valence-electron chi connectivity index (χ3n) is 5.71. The molecule has 1 aromatic carbocycles. The minimum Gasteiger partial charge on any atom is -0.474 e. The Morgan fingerprint density at radius 1 is 1.31 bits per heavy atom. The molecule has 0 bridgehead atoms. The fourth-order valence-corrected chi connectivity index (χ4v) is 4.71. The number of halogens is 1. The molecule has 2 aliphatic rings. The number of hydrogen-bond donors (Lipinski definition) is 2. The first-order valence-electron chi connectivity index (χ1n) is 11.4. The number of aromatic nitrogens is 1. The van der Waals surface area contributed by atoms with E-state index in [9.17, 15) is 9.59 Å². The monoisotopic (exact) mass is 534 g/mol. The number of hydrogen-bond acceptors (Lipinski definition) is 9. The first-order valence-corrected chi connectivity index (χ1v) is 12.7. The number of pyridine rings is 1. The second-order valence-electron chi connectivity index (χ2n) is 8.04. The molecule has 36 heavy (non-hydrogen) atoms. The molecule has 10 nitrogen and oxygen atoms in total. The number of nitrogens with zero attached hydrogens (tertiary/aromatic N) is 4. The Morgan fingerprint density at radius 3 is 2.86 bits per heavy atom. The summed E-state index contributed by atoms with van der Waals surface area (Å²) < 4.78 is 25.3. The predicted octanol–water partition coefficient (Wildman–Crippen LogP) is 2.01. The number of carbonyl (C=O) groups is 2. The number of rotatable bonds is 7. The standard InChI is InChI=1S/C23H27FN6O4S2/c1-33-22(35)26-13-17-14-29(23(32)34-17)16-2-3-20(19(24)12-16)28-9-8-27-30(11-10-28)21(31)15-36-18-4-6-25-7-5-18/h2-7,12,17,27H,8-11,13-15H2,1H3,(H,26,35). The van der Waals surface area contributed by atoms with Gasteiger partial charge in [0, 0.05) is 36.9 Å². The minimum absolute atomic E-state index is 0.0441. The van der Waals surface area contributed by atoms with Crippen LogP contribution in [0.1, 0.15) is 0 Å². The van der Waals surface area contributed by atoms with Gasteiger partial charge in [0.05, 0.1) is 43.9 Å². The molecule has 2 saturated heterocycles. The van der Waals surface area contributed by atoms with Crippen LogP contribution in [0.15, 0.2) is 47.6 Å². The molecule has 2 aliphatic heterocycles. The third kappa shape index (κ3) is 6.53. The Kier molecular flexibility index (Phi) is 8.78. The van der Waals surface area contributed by atoms with E-state index in [1.807, 2.05) is 17.0 Å². The molecule has 0 spiro atoms. The largest absolute Gasteiger partial charge is 0.474 e. The van der Waals surface area contributed by atoms with Crippen LogP contribution in [-0.2, 0) is 14.3 Å². The molecule has 3 heterocycles. The van der Waals surface area contributed by atoms with E-state index in [2.05, 4.69) is 15.7 Å². The summed E-state index contributed by atoms with van der Waals surface area (Å²) in [7, 11) is 1.45. The normalized spacial score (nSPS) is 18.0. The van der Waals surface area contributed by atoms with E-state index in [-0.39, 0.29) is 17.6 Å². The number of benzene rings is 1. The van der Waals surface area contributed by atoms with E-state index < -0.39 is 18.0 Å². The number of ether oxygens (including phenoxy) is 2. The Bertz CT molecular complexity index is 1100. The maximum Gasteiger partial charge on any atom is 0.414 e. The summed E-state index contributed by atoms with van der Waals surface area (Å²) in [6.07, 6.45) is 2.39. The number of nitrogens with one attached hydrogen (secondary N) is 2. The first-order chi connectivity index (χ1) is 17.4.